The number of pyridine rings is 1. The maximum atomic E-state index is 12.3. The number of ketones is 2. The fourth-order valence-electron chi connectivity index (χ4n) is 2.13. The van der Waals surface area contributed by atoms with Crippen LogP contribution in [0, 0.1) is 5.92 Å². The zero-order valence-electron chi connectivity index (χ0n) is 13.0. The predicted molar refractivity (Wildman–Crippen MR) is 83.9 cm³/mol. The molecule has 0 spiro atoms. The van der Waals surface area contributed by atoms with E-state index in [0.29, 0.717) is 28.7 Å². The molecule has 0 aliphatic carbocycles. The molecule has 0 saturated heterocycles. The fourth-order valence-corrected chi connectivity index (χ4v) is 3.01. The molecule has 2 rings (SSSR count). The number of carbonyl (C=O) groups excluding carboxylic acids is 2. The molecule has 1 atom stereocenters. The molecule has 0 N–H and O–H groups in total. The summed E-state index contributed by atoms with van der Waals surface area (Å²) in [5.41, 5.74) is 0.446. The van der Waals surface area contributed by atoms with Crippen molar-refractivity contribution in [3.63, 3.8) is 0 Å². The third-order valence-corrected chi connectivity index (χ3v) is 4.50. The molecule has 0 aliphatic heterocycles. The number of aromatic nitrogens is 2. The molecule has 0 bridgehead atoms. The molecule has 0 aliphatic rings. The van der Waals surface area contributed by atoms with Gasteiger partial charge in [0.15, 0.2) is 22.2 Å². The zero-order valence-corrected chi connectivity index (χ0v) is 13.8. The predicted octanol–water partition coefficient (Wildman–Crippen LogP) is 2.90. The van der Waals surface area contributed by atoms with Crippen LogP contribution < -0.4 is 9.47 Å². The number of rotatable bonds is 7. The summed E-state index contributed by atoms with van der Waals surface area (Å²) >= 11 is 1.25. The van der Waals surface area contributed by atoms with Crippen LogP contribution in [0.2, 0.25) is 0 Å². The molecular formula is C15H18N2O4S. The Kier molecular flexibility index (Phi) is 5.07. The molecule has 0 unspecified atom stereocenters. The van der Waals surface area contributed by atoms with Crippen molar-refractivity contribution in [3.05, 3.63) is 11.1 Å². The van der Waals surface area contributed by atoms with E-state index < -0.39 is 0 Å². The summed E-state index contributed by atoms with van der Waals surface area (Å²) in [7, 11) is 3.02. The van der Waals surface area contributed by atoms with Crippen LogP contribution in [0.15, 0.2) is 6.07 Å². The van der Waals surface area contributed by atoms with Crippen molar-refractivity contribution in [2.75, 3.05) is 14.2 Å². The maximum Gasteiger partial charge on any atom is 0.258 e. The molecule has 0 amide bonds. The summed E-state index contributed by atoms with van der Waals surface area (Å²) in [4.78, 5) is 32.3. The average Bonchev–Trinajstić information content (AvgIpc) is 2.93. The van der Waals surface area contributed by atoms with Gasteiger partial charge in [0.25, 0.3) is 5.88 Å². The van der Waals surface area contributed by atoms with E-state index >= 15 is 0 Å². The van der Waals surface area contributed by atoms with Gasteiger partial charge in [-0.1, -0.05) is 6.92 Å². The van der Waals surface area contributed by atoms with Crippen molar-refractivity contribution in [2.24, 2.45) is 5.92 Å². The lowest BCUT2D eigenvalue weighted by atomic mass is 9.96. The monoisotopic (exact) mass is 322 g/mol. The highest BCUT2D eigenvalue weighted by atomic mass is 32.1. The zero-order chi connectivity index (χ0) is 16.3. The largest absolute Gasteiger partial charge is 0.491 e. The first-order chi connectivity index (χ1) is 10.5. The van der Waals surface area contributed by atoms with Gasteiger partial charge in [0.05, 0.1) is 18.9 Å². The molecule has 2 aromatic rings. The molecule has 118 valence electrons. The fraction of sp³-hybridized carbons (Fsp3) is 0.467. The summed E-state index contributed by atoms with van der Waals surface area (Å²) in [6.45, 7) is 3.41. The summed E-state index contributed by atoms with van der Waals surface area (Å²) in [6.07, 6.45) is 0.825. The van der Waals surface area contributed by atoms with E-state index in [1.807, 2.05) is 6.92 Å². The first-order valence-electron chi connectivity index (χ1n) is 6.93. The van der Waals surface area contributed by atoms with Crippen molar-refractivity contribution in [1.82, 2.24) is 9.97 Å². The van der Waals surface area contributed by atoms with E-state index in [4.69, 9.17) is 9.47 Å². The second kappa shape index (κ2) is 6.83. The Balaban J connectivity index is 2.32. The minimum atomic E-state index is -0.253. The molecule has 2 aromatic heterocycles. The summed E-state index contributed by atoms with van der Waals surface area (Å²) in [5, 5.41) is 0.359. The first kappa shape index (κ1) is 16.4. The SMILES string of the molecule is CC[C@@H](CC(=O)c1nc2nc(OC)c(OC)cc2s1)C(C)=O. The second-order valence-corrected chi connectivity index (χ2v) is 5.91. The van der Waals surface area contributed by atoms with Gasteiger partial charge in [0.1, 0.15) is 5.78 Å². The molecule has 6 nitrogen and oxygen atoms in total. The normalized spacial score (nSPS) is 12.2. The van der Waals surface area contributed by atoms with E-state index in [1.165, 1.54) is 32.5 Å². The Bertz CT molecular complexity index is 670. The van der Waals surface area contributed by atoms with Crippen molar-refractivity contribution in [2.45, 2.75) is 26.7 Å². The van der Waals surface area contributed by atoms with Crippen LogP contribution in [0.5, 0.6) is 11.6 Å². The number of nitrogens with zero attached hydrogens (tertiary/aromatic N) is 2. The second-order valence-electron chi connectivity index (χ2n) is 4.88. The van der Waals surface area contributed by atoms with Crippen molar-refractivity contribution in [3.8, 4) is 11.6 Å². The average molecular weight is 322 g/mol. The molecular weight excluding hydrogens is 304 g/mol. The van der Waals surface area contributed by atoms with Gasteiger partial charge in [-0.3, -0.25) is 9.59 Å². The number of thiazole rings is 1. The lowest BCUT2D eigenvalue weighted by molar-refractivity contribution is -0.120. The van der Waals surface area contributed by atoms with E-state index in [1.54, 1.807) is 6.07 Å². The third kappa shape index (κ3) is 3.24. The van der Waals surface area contributed by atoms with Gasteiger partial charge in [-0.25, -0.2) is 4.98 Å². The van der Waals surface area contributed by atoms with Gasteiger partial charge in [0.2, 0.25) is 0 Å². The minimum Gasteiger partial charge on any atom is -0.491 e. The summed E-state index contributed by atoms with van der Waals surface area (Å²) < 4.78 is 11.1. The van der Waals surface area contributed by atoms with E-state index in [9.17, 15) is 9.59 Å². The molecule has 0 aromatic carbocycles. The Morgan fingerprint density at radius 1 is 1.27 bits per heavy atom. The third-order valence-electron chi connectivity index (χ3n) is 3.47. The van der Waals surface area contributed by atoms with Crippen LogP contribution >= 0.6 is 11.3 Å². The summed E-state index contributed by atoms with van der Waals surface area (Å²) in [6, 6.07) is 1.75. The van der Waals surface area contributed by atoms with Gasteiger partial charge in [-0.2, -0.15) is 4.98 Å². The van der Waals surface area contributed by atoms with E-state index in [-0.39, 0.29) is 23.9 Å². The van der Waals surface area contributed by atoms with Crippen LogP contribution in [0.4, 0.5) is 0 Å². The quantitative estimate of drug-likeness (QED) is 0.729. The number of ether oxygens (including phenoxy) is 2. The molecule has 0 fully saturated rings. The number of hydrogen-bond acceptors (Lipinski definition) is 7. The van der Waals surface area contributed by atoms with Gasteiger partial charge in [-0.15, -0.1) is 11.3 Å². The van der Waals surface area contributed by atoms with Crippen LogP contribution in [0.3, 0.4) is 0 Å². The number of methoxy groups -OCH3 is 2. The molecule has 2 heterocycles. The Labute approximate surface area is 132 Å². The number of carbonyl (C=O) groups is 2. The topological polar surface area (TPSA) is 78.4 Å². The summed E-state index contributed by atoms with van der Waals surface area (Å²) in [5.74, 6) is 0.459. The Morgan fingerprint density at radius 3 is 2.55 bits per heavy atom. The maximum absolute atomic E-state index is 12.3. The molecule has 0 radical (unpaired) electrons. The van der Waals surface area contributed by atoms with E-state index in [0.717, 1.165) is 4.70 Å². The molecule has 0 saturated carbocycles. The molecule has 7 heteroatoms. The highest BCUT2D eigenvalue weighted by Gasteiger charge is 2.21. The highest BCUT2D eigenvalue weighted by Crippen LogP contribution is 2.32. The van der Waals surface area contributed by atoms with Crippen molar-refractivity contribution < 1.29 is 19.1 Å². The van der Waals surface area contributed by atoms with Gasteiger partial charge in [-0.05, 0) is 13.3 Å². The Morgan fingerprint density at radius 2 is 2.00 bits per heavy atom. The smallest absolute Gasteiger partial charge is 0.258 e. The lowest BCUT2D eigenvalue weighted by Crippen LogP contribution is -2.15. The van der Waals surface area contributed by atoms with Crippen molar-refractivity contribution in [1.29, 1.82) is 0 Å². The first-order valence-corrected chi connectivity index (χ1v) is 7.75. The number of fused-ring (bicyclic) bond motifs is 1. The lowest BCUT2D eigenvalue weighted by Gasteiger charge is -2.07. The standard InChI is InChI=1S/C15H18N2O4S/c1-5-9(8(2)18)6-10(19)15-17-13-12(22-15)7-11(20-3)14(16-13)21-4/h7,9H,5-6H2,1-4H3/t9-/m0/s1. The van der Waals surface area contributed by atoms with Crippen LogP contribution in [-0.4, -0.2) is 35.8 Å². The van der Waals surface area contributed by atoms with Gasteiger partial charge < -0.3 is 9.47 Å². The van der Waals surface area contributed by atoms with Crippen LogP contribution in [0.25, 0.3) is 10.3 Å². The van der Waals surface area contributed by atoms with Crippen LogP contribution in [-0.2, 0) is 4.79 Å². The van der Waals surface area contributed by atoms with Gasteiger partial charge >= 0.3 is 0 Å². The number of hydrogen-bond donors (Lipinski definition) is 0. The van der Waals surface area contributed by atoms with Gasteiger partial charge in [0, 0.05) is 18.4 Å². The highest BCUT2D eigenvalue weighted by molar-refractivity contribution is 7.20. The van der Waals surface area contributed by atoms with Crippen LogP contribution in [0.1, 0.15) is 36.5 Å². The minimum absolute atomic E-state index is 0.0263. The Hall–Kier alpha value is -2.02. The molecule has 22 heavy (non-hydrogen) atoms. The number of Topliss-reactive ketones (excluding diaryl/α,β-unsaturated/α-hetero) is 2. The van der Waals surface area contributed by atoms with Crippen molar-refractivity contribution >= 4 is 33.3 Å². The van der Waals surface area contributed by atoms with E-state index in [2.05, 4.69) is 9.97 Å².